The first-order chi connectivity index (χ1) is 11.5. The lowest BCUT2D eigenvalue weighted by Gasteiger charge is -2.26. The van der Waals surface area contributed by atoms with Gasteiger partial charge in [0.15, 0.2) is 5.92 Å². The van der Waals surface area contributed by atoms with E-state index in [0.717, 1.165) is 4.90 Å². The number of hydrogen-bond acceptors (Lipinski definition) is 6. The van der Waals surface area contributed by atoms with Crippen LogP contribution in [0.3, 0.4) is 0 Å². The molecule has 1 unspecified atom stereocenters. The zero-order chi connectivity index (χ0) is 17.7. The summed E-state index contributed by atoms with van der Waals surface area (Å²) in [6.45, 7) is 3.22. The molecule has 3 amide bonds. The van der Waals surface area contributed by atoms with E-state index in [-0.39, 0.29) is 13.2 Å². The van der Waals surface area contributed by atoms with Crippen LogP contribution >= 0.6 is 0 Å². The number of anilines is 1. The number of ether oxygens (including phenoxy) is 2. The zero-order valence-electron chi connectivity index (χ0n) is 13.4. The topological polar surface area (TPSA) is 102 Å². The van der Waals surface area contributed by atoms with Crippen LogP contribution in [-0.2, 0) is 23.9 Å². The Labute approximate surface area is 138 Å². The molecule has 0 radical (unpaired) electrons. The normalized spacial score (nSPS) is 17.0. The molecule has 0 bridgehead atoms. The first-order valence-electron chi connectivity index (χ1n) is 7.53. The summed E-state index contributed by atoms with van der Waals surface area (Å²) in [6, 6.07) is 6.20. The highest BCUT2D eigenvalue weighted by atomic mass is 16.6. The molecule has 128 valence electrons. The van der Waals surface area contributed by atoms with Crippen molar-refractivity contribution in [3.8, 4) is 0 Å². The Hall–Kier alpha value is -2.90. The van der Waals surface area contributed by atoms with Crippen molar-refractivity contribution >= 4 is 29.6 Å². The molecule has 0 aromatic heterocycles. The molecule has 1 aliphatic heterocycles. The van der Waals surface area contributed by atoms with Gasteiger partial charge in [0.2, 0.25) is 0 Å². The van der Waals surface area contributed by atoms with Crippen LogP contribution in [0.5, 0.6) is 0 Å². The van der Waals surface area contributed by atoms with Gasteiger partial charge in [0.25, 0.3) is 5.91 Å². The predicted molar refractivity (Wildman–Crippen MR) is 83.0 cm³/mol. The number of carbonyl (C=O) groups excluding carboxylic acids is 4. The SMILES string of the molecule is CCOC(=O)C(C(=O)OCC)C1C(=O)NC(=O)N1c1ccccc1. The average molecular weight is 334 g/mol. The molecule has 8 nitrogen and oxygen atoms in total. The molecular weight excluding hydrogens is 316 g/mol. The Morgan fingerprint density at radius 3 is 2.12 bits per heavy atom. The van der Waals surface area contributed by atoms with Crippen molar-refractivity contribution in [3.05, 3.63) is 30.3 Å². The Morgan fingerprint density at radius 1 is 1.08 bits per heavy atom. The number of esters is 2. The van der Waals surface area contributed by atoms with Gasteiger partial charge in [-0.1, -0.05) is 18.2 Å². The summed E-state index contributed by atoms with van der Waals surface area (Å²) in [5, 5.41) is 2.12. The van der Waals surface area contributed by atoms with Crippen LogP contribution in [0.1, 0.15) is 13.8 Å². The molecule has 0 spiro atoms. The van der Waals surface area contributed by atoms with E-state index in [4.69, 9.17) is 9.47 Å². The first-order valence-corrected chi connectivity index (χ1v) is 7.53. The molecule has 8 heteroatoms. The Morgan fingerprint density at radius 2 is 1.62 bits per heavy atom. The second kappa shape index (κ2) is 7.58. The van der Waals surface area contributed by atoms with E-state index in [2.05, 4.69) is 5.32 Å². The maximum absolute atomic E-state index is 12.2. The van der Waals surface area contributed by atoms with Gasteiger partial charge in [-0.3, -0.25) is 24.6 Å². The molecule has 24 heavy (non-hydrogen) atoms. The molecule has 1 atom stereocenters. The number of nitrogens with zero attached hydrogens (tertiary/aromatic N) is 1. The zero-order valence-corrected chi connectivity index (χ0v) is 13.4. The van der Waals surface area contributed by atoms with Gasteiger partial charge in [-0.25, -0.2) is 4.79 Å². The third-order valence-corrected chi connectivity index (χ3v) is 3.43. The number of rotatable bonds is 6. The van der Waals surface area contributed by atoms with Gasteiger partial charge in [-0.15, -0.1) is 0 Å². The van der Waals surface area contributed by atoms with Crippen molar-refractivity contribution in [2.24, 2.45) is 5.92 Å². The van der Waals surface area contributed by atoms with Crippen LogP contribution in [0.15, 0.2) is 30.3 Å². The molecule has 1 aliphatic rings. The maximum atomic E-state index is 12.2. The largest absolute Gasteiger partial charge is 0.465 e. The van der Waals surface area contributed by atoms with E-state index < -0.39 is 35.8 Å². The second-order valence-electron chi connectivity index (χ2n) is 4.93. The fraction of sp³-hybridized carbons (Fsp3) is 0.375. The minimum atomic E-state index is -1.56. The van der Waals surface area contributed by atoms with Gasteiger partial charge in [0.1, 0.15) is 6.04 Å². The third-order valence-electron chi connectivity index (χ3n) is 3.43. The Bertz CT molecular complexity index is 627. The van der Waals surface area contributed by atoms with Gasteiger partial charge in [0, 0.05) is 5.69 Å². The average Bonchev–Trinajstić information content (AvgIpc) is 2.83. The van der Waals surface area contributed by atoms with E-state index in [1.165, 1.54) is 0 Å². The summed E-state index contributed by atoms with van der Waals surface area (Å²) < 4.78 is 9.79. The molecule has 0 aliphatic carbocycles. The van der Waals surface area contributed by atoms with E-state index >= 15 is 0 Å². The highest BCUT2D eigenvalue weighted by Crippen LogP contribution is 2.27. The number of para-hydroxylation sites is 1. The lowest BCUT2D eigenvalue weighted by atomic mass is 9.98. The lowest BCUT2D eigenvalue weighted by molar-refractivity contribution is -0.163. The molecule has 1 aromatic carbocycles. The van der Waals surface area contributed by atoms with Crippen LogP contribution in [0.25, 0.3) is 0 Å². The molecule has 1 N–H and O–H groups in total. The van der Waals surface area contributed by atoms with E-state index in [1.54, 1.807) is 44.2 Å². The number of urea groups is 1. The number of nitrogens with one attached hydrogen (secondary N) is 1. The van der Waals surface area contributed by atoms with Crippen molar-refractivity contribution in [2.45, 2.75) is 19.9 Å². The van der Waals surface area contributed by atoms with Crippen LogP contribution in [0, 0.1) is 5.92 Å². The first kappa shape index (κ1) is 17.5. The summed E-state index contributed by atoms with van der Waals surface area (Å²) in [4.78, 5) is 49.9. The van der Waals surface area contributed by atoms with Crippen LogP contribution < -0.4 is 10.2 Å². The van der Waals surface area contributed by atoms with Crippen LogP contribution in [0.4, 0.5) is 10.5 Å². The maximum Gasteiger partial charge on any atom is 0.329 e. The molecule has 1 saturated heterocycles. The Balaban J connectivity index is 2.44. The van der Waals surface area contributed by atoms with Crippen molar-refractivity contribution in [3.63, 3.8) is 0 Å². The summed E-state index contributed by atoms with van der Waals surface area (Å²) >= 11 is 0. The summed E-state index contributed by atoms with van der Waals surface area (Å²) in [7, 11) is 0. The van der Waals surface area contributed by atoms with Gasteiger partial charge in [0.05, 0.1) is 13.2 Å². The van der Waals surface area contributed by atoms with E-state index in [9.17, 15) is 19.2 Å². The minimum absolute atomic E-state index is 0.0301. The van der Waals surface area contributed by atoms with Gasteiger partial charge < -0.3 is 9.47 Å². The van der Waals surface area contributed by atoms with Crippen molar-refractivity contribution in [2.75, 3.05) is 18.1 Å². The summed E-state index contributed by atoms with van der Waals surface area (Å²) in [5.41, 5.74) is 0.379. The highest BCUT2D eigenvalue weighted by Gasteiger charge is 2.51. The van der Waals surface area contributed by atoms with Crippen molar-refractivity contribution in [1.82, 2.24) is 5.32 Å². The van der Waals surface area contributed by atoms with Crippen LogP contribution in [0.2, 0.25) is 0 Å². The van der Waals surface area contributed by atoms with Gasteiger partial charge >= 0.3 is 18.0 Å². The second-order valence-corrected chi connectivity index (χ2v) is 4.93. The van der Waals surface area contributed by atoms with Gasteiger partial charge in [-0.2, -0.15) is 0 Å². The smallest absolute Gasteiger partial charge is 0.329 e. The van der Waals surface area contributed by atoms with Crippen molar-refractivity contribution < 1.29 is 28.7 Å². The number of benzene rings is 1. The molecular formula is C16H18N2O6. The highest BCUT2D eigenvalue weighted by molar-refractivity contribution is 6.18. The quantitative estimate of drug-likeness (QED) is 0.470. The summed E-state index contributed by atoms with van der Waals surface area (Å²) in [5.74, 6) is -4.13. The molecule has 1 aromatic rings. The van der Waals surface area contributed by atoms with Crippen molar-refractivity contribution in [1.29, 1.82) is 0 Å². The molecule has 1 heterocycles. The third kappa shape index (κ3) is 3.37. The fourth-order valence-corrected chi connectivity index (χ4v) is 2.47. The number of imide groups is 1. The summed E-state index contributed by atoms with van der Waals surface area (Å²) in [6.07, 6.45) is 0. The predicted octanol–water partition coefficient (Wildman–Crippen LogP) is 0.854. The minimum Gasteiger partial charge on any atom is -0.465 e. The Kier molecular flexibility index (Phi) is 5.51. The number of hydrogen-bond donors (Lipinski definition) is 1. The van der Waals surface area contributed by atoms with E-state index in [0.29, 0.717) is 5.69 Å². The number of amides is 3. The van der Waals surface area contributed by atoms with Gasteiger partial charge in [-0.05, 0) is 26.0 Å². The van der Waals surface area contributed by atoms with E-state index in [1.807, 2.05) is 0 Å². The standard InChI is InChI=1S/C16H18N2O6/c1-3-23-14(20)11(15(21)24-4-2)12-13(19)17-16(22)18(12)10-8-6-5-7-9-10/h5-9,11-12H,3-4H2,1-2H3,(H,17,19,22). The van der Waals surface area contributed by atoms with Crippen LogP contribution in [-0.4, -0.2) is 43.1 Å². The molecule has 2 rings (SSSR count). The lowest BCUT2D eigenvalue weighted by Crippen LogP contribution is -2.49. The molecule has 0 saturated carbocycles. The number of carbonyl (C=O) groups is 4. The molecule has 1 fully saturated rings. The fourth-order valence-electron chi connectivity index (χ4n) is 2.47. The monoisotopic (exact) mass is 334 g/mol.